The molecule has 1 aromatic rings. The van der Waals surface area contributed by atoms with Crippen LogP contribution in [0.25, 0.3) is 0 Å². The highest BCUT2D eigenvalue weighted by Crippen LogP contribution is 2.15. The van der Waals surface area contributed by atoms with Crippen LogP contribution in [0.2, 0.25) is 0 Å². The molecule has 2 rings (SSSR count). The summed E-state index contributed by atoms with van der Waals surface area (Å²) in [7, 11) is 2.12. The van der Waals surface area contributed by atoms with Crippen molar-refractivity contribution in [2.45, 2.75) is 39.5 Å². The van der Waals surface area contributed by atoms with Crippen LogP contribution in [0, 0.1) is 11.7 Å². The first-order valence-corrected chi connectivity index (χ1v) is 8.29. The lowest BCUT2D eigenvalue weighted by molar-refractivity contribution is 0.0939. The Labute approximate surface area is 133 Å². The summed E-state index contributed by atoms with van der Waals surface area (Å²) in [5, 5.41) is 2.92. The molecule has 0 aliphatic carbocycles. The van der Waals surface area contributed by atoms with E-state index in [9.17, 15) is 9.18 Å². The molecular weight excluding hydrogens is 279 g/mol. The molecule has 0 bridgehead atoms. The second-order valence-electron chi connectivity index (χ2n) is 5.96. The van der Waals surface area contributed by atoms with Crippen molar-refractivity contribution in [3.8, 4) is 0 Å². The number of unbranched alkanes of at least 4 members (excludes halogenated alkanes) is 1. The van der Waals surface area contributed by atoms with Crippen molar-refractivity contribution in [1.29, 1.82) is 0 Å². The number of nitrogens with one attached hydrogen (secondary N) is 1. The second kappa shape index (κ2) is 10.3. The maximum atomic E-state index is 12.7. The van der Waals surface area contributed by atoms with E-state index >= 15 is 0 Å². The maximum absolute atomic E-state index is 12.7. The van der Waals surface area contributed by atoms with Crippen LogP contribution in [0.5, 0.6) is 0 Å². The first-order valence-electron chi connectivity index (χ1n) is 8.29. The number of piperidine rings is 1. The van der Waals surface area contributed by atoms with E-state index in [1.165, 1.54) is 37.1 Å². The van der Waals surface area contributed by atoms with E-state index in [2.05, 4.69) is 31.1 Å². The normalized spacial score (nSPS) is 15.8. The quantitative estimate of drug-likeness (QED) is 0.920. The number of carbonyl (C=O) groups excluding carboxylic acids is 1. The fraction of sp³-hybridized carbons (Fsp3) is 0.611. The number of halogens is 1. The van der Waals surface area contributed by atoms with Crippen LogP contribution < -0.4 is 5.32 Å². The highest BCUT2D eigenvalue weighted by molar-refractivity contribution is 5.94. The van der Waals surface area contributed by atoms with E-state index in [1.807, 2.05) is 0 Å². The number of nitrogens with zero attached hydrogens (tertiary/aromatic N) is 1. The highest BCUT2D eigenvalue weighted by Gasteiger charge is 2.17. The summed E-state index contributed by atoms with van der Waals surface area (Å²) in [6.45, 7) is 7.26. The average Bonchev–Trinajstić information content (AvgIpc) is 2.55. The standard InChI is InChI=1S/C14H19FN2O.C4H10/c1-17-8-6-11(7-9-17)10-16-14(18)12-2-4-13(15)5-3-12;1-3-4-2/h2-5,11H,6-10H2,1H3,(H,16,18);3-4H2,1-2H3. The summed E-state index contributed by atoms with van der Waals surface area (Å²) in [5.41, 5.74) is 0.518. The topological polar surface area (TPSA) is 32.3 Å². The minimum absolute atomic E-state index is 0.117. The third-order valence-corrected chi connectivity index (χ3v) is 4.00. The second-order valence-corrected chi connectivity index (χ2v) is 5.96. The molecule has 0 saturated carbocycles. The number of likely N-dealkylation sites (tertiary alicyclic amines) is 1. The van der Waals surface area contributed by atoms with Crippen molar-refractivity contribution in [3.05, 3.63) is 35.6 Å². The molecule has 124 valence electrons. The summed E-state index contributed by atoms with van der Waals surface area (Å²) in [6, 6.07) is 5.65. The molecule has 0 radical (unpaired) electrons. The van der Waals surface area contributed by atoms with Crippen LogP contribution in [-0.2, 0) is 0 Å². The van der Waals surface area contributed by atoms with E-state index < -0.39 is 0 Å². The van der Waals surface area contributed by atoms with Gasteiger partial charge in [-0.25, -0.2) is 4.39 Å². The number of benzene rings is 1. The molecule has 1 aliphatic heterocycles. The minimum Gasteiger partial charge on any atom is -0.352 e. The first kappa shape index (κ1) is 18.6. The Morgan fingerprint density at radius 2 is 1.73 bits per heavy atom. The average molecular weight is 308 g/mol. The van der Waals surface area contributed by atoms with Gasteiger partial charge in [0.1, 0.15) is 5.82 Å². The Balaban J connectivity index is 0.000000541. The van der Waals surface area contributed by atoms with Gasteiger partial charge in [-0.05, 0) is 63.2 Å². The van der Waals surface area contributed by atoms with Gasteiger partial charge < -0.3 is 10.2 Å². The third-order valence-electron chi connectivity index (χ3n) is 4.00. The van der Waals surface area contributed by atoms with Crippen molar-refractivity contribution in [2.24, 2.45) is 5.92 Å². The smallest absolute Gasteiger partial charge is 0.251 e. The predicted molar refractivity (Wildman–Crippen MR) is 89.5 cm³/mol. The van der Waals surface area contributed by atoms with Gasteiger partial charge in [-0.3, -0.25) is 4.79 Å². The predicted octanol–water partition coefficient (Wildman–Crippen LogP) is 3.70. The molecule has 3 nitrogen and oxygen atoms in total. The van der Waals surface area contributed by atoms with Crippen molar-refractivity contribution in [1.82, 2.24) is 10.2 Å². The van der Waals surface area contributed by atoms with E-state index in [-0.39, 0.29) is 11.7 Å². The lowest BCUT2D eigenvalue weighted by Crippen LogP contribution is -2.36. The van der Waals surface area contributed by atoms with E-state index in [1.54, 1.807) is 0 Å². The Morgan fingerprint density at radius 3 is 2.23 bits per heavy atom. The van der Waals surface area contributed by atoms with Crippen molar-refractivity contribution in [3.63, 3.8) is 0 Å². The minimum atomic E-state index is -0.318. The third kappa shape index (κ3) is 7.03. The van der Waals surface area contributed by atoms with Crippen LogP contribution in [0.15, 0.2) is 24.3 Å². The van der Waals surface area contributed by atoms with Crippen molar-refractivity contribution in [2.75, 3.05) is 26.7 Å². The molecule has 0 aromatic heterocycles. The number of hydrogen-bond donors (Lipinski definition) is 1. The fourth-order valence-electron chi connectivity index (χ4n) is 2.21. The van der Waals surface area contributed by atoms with Gasteiger partial charge in [-0.1, -0.05) is 26.7 Å². The van der Waals surface area contributed by atoms with E-state index in [4.69, 9.17) is 0 Å². The molecule has 1 saturated heterocycles. The van der Waals surface area contributed by atoms with E-state index in [0.29, 0.717) is 18.0 Å². The van der Waals surface area contributed by atoms with Gasteiger partial charge in [0, 0.05) is 12.1 Å². The molecule has 1 fully saturated rings. The van der Waals surface area contributed by atoms with Gasteiger partial charge in [0.2, 0.25) is 0 Å². The van der Waals surface area contributed by atoms with E-state index in [0.717, 1.165) is 25.9 Å². The SMILES string of the molecule is CCCC.CN1CCC(CNC(=O)c2ccc(F)cc2)CC1. The summed E-state index contributed by atoms with van der Waals surface area (Å²) in [6.07, 6.45) is 4.89. The summed E-state index contributed by atoms with van der Waals surface area (Å²) in [4.78, 5) is 14.1. The molecule has 1 N–H and O–H groups in total. The molecule has 0 spiro atoms. The Hall–Kier alpha value is -1.42. The van der Waals surface area contributed by atoms with Crippen molar-refractivity contribution >= 4 is 5.91 Å². The Kier molecular flexibility index (Phi) is 8.75. The molecule has 1 heterocycles. The molecular formula is C18H29FN2O. The number of amides is 1. The molecule has 4 heteroatoms. The molecule has 1 aromatic carbocycles. The zero-order valence-corrected chi connectivity index (χ0v) is 14.1. The monoisotopic (exact) mass is 308 g/mol. The number of rotatable bonds is 4. The van der Waals surface area contributed by atoms with Crippen LogP contribution in [0.4, 0.5) is 4.39 Å². The van der Waals surface area contributed by atoms with Gasteiger partial charge in [0.25, 0.3) is 5.91 Å². The van der Waals surface area contributed by atoms with Gasteiger partial charge in [-0.15, -0.1) is 0 Å². The largest absolute Gasteiger partial charge is 0.352 e. The maximum Gasteiger partial charge on any atom is 0.251 e. The van der Waals surface area contributed by atoms with Crippen LogP contribution in [0.1, 0.15) is 49.9 Å². The van der Waals surface area contributed by atoms with Crippen LogP contribution >= 0.6 is 0 Å². The Morgan fingerprint density at radius 1 is 1.18 bits per heavy atom. The van der Waals surface area contributed by atoms with Crippen LogP contribution in [0.3, 0.4) is 0 Å². The zero-order chi connectivity index (χ0) is 16.4. The van der Waals surface area contributed by atoms with Gasteiger partial charge in [0.15, 0.2) is 0 Å². The van der Waals surface area contributed by atoms with Gasteiger partial charge in [0.05, 0.1) is 0 Å². The van der Waals surface area contributed by atoms with Crippen molar-refractivity contribution < 1.29 is 9.18 Å². The lowest BCUT2D eigenvalue weighted by atomic mass is 9.97. The summed E-state index contributed by atoms with van der Waals surface area (Å²) >= 11 is 0. The molecule has 1 amide bonds. The summed E-state index contributed by atoms with van der Waals surface area (Å²) in [5.74, 6) is 0.126. The fourth-order valence-corrected chi connectivity index (χ4v) is 2.21. The molecule has 1 aliphatic rings. The van der Waals surface area contributed by atoms with Gasteiger partial charge >= 0.3 is 0 Å². The Bertz CT molecular complexity index is 423. The highest BCUT2D eigenvalue weighted by atomic mass is 19.1. The van der Waals surface area contributed by atoms with Gasteiger partial charge in [-0.2, -0.15) is 0 Å². The molecule has 0 unspecified atom stereocenters. The summed E-state index contributed by atoms with van der Waals surface area (Å²) < 4.78 is 12.7. The molecule has 22 heavy (non-hydrogen) atoms. The lowest BCUT2D eigenvalue weighted by Gasteiger charge is -2.28. The zero-order valence-electron chi connectivity index (χ0n) is 14.1. The first-order chi connectivity index (χ1) is 10.6. The van der Waals surface area contributed by atoms with Crippen LogP contribution in [-0.4, -0.2) is 37.5 Å². The number of hydrogen-bond acceptors (Lipinski definition) is 2. The number of carbonyl (C=O) groups is 1. The molecule has 0 atom stereocenters.